The molecule has 0 radical (unpaired) electrons. The second-order valence-corrected chi connectivity index (χ2v) is 9.59. The van der Waals surface area contributed by atoms with E-state index in [2.05, 4.69) is 16.0 Å². The highest BCUT2D eigenvalue weighted by Crippen LogP contribution is 2.21. The van der Waals surface area contributed by atoms with Gasteiger partial charge >= 0.3 is 5.97 Å². The summed E-state index contributed by atoms with van der Waals surface area (Å²) in [4.78, 5) is 76.7. The van der Waals surface area contributed by atoms with Gasteiger partial charge in [0, 0.05) is 20.0 Å². The van der Waals surface area contributed by atoms with E-state index in [0.29, 0.717) is 45.2 Å². The standard InChI is InChI=1S/C23H37N5O7/c1-13(2)11-16(20(32)24-12-19(30)31)26-22(34)18-8-6-10-28(18)23(35)14(3)25-21(33)17-7-5-9-27(17)15(4)29/h13-14,16-18H,5-12H2,1-4H3,(H,24,32)(H,25,33)(H,26,34)(H,30,31)/t14-,16-,17-,18-/m0/s1. The molecule has 0 aliphatic carbocycles. The molecule has 0 aromatic rings. The minimum Gasteiger partial charge on any atom is -0.480 e. The minimum absolute atomic E-state index is 0.0533. The number of carbonyl (C=O) groups is 6. The number of nitrogens with one attached hydrogen (secondary N) is 3. The smallest absolute Gasteiger partial charge is 0.322 e. The Hall–Kier alpha value is -3.18. The van der Waals surface area contributed by atoms with Crippen LogP contribution in [0.1, 0.15) is 59.8 Å². The number of carbonyl (C=O) groups excluding carboxylic acids is 5. The number of carboxylic acids is 1. The summed E-state index contributed by atoms with van der Waals surface area (Å²) in [6, 6.07) is -3.24. The zero-order valence-electron chi connectivity index (χ0n) is 20.8. The Morgan fingerprint density at radius 1 is 0.886 bits per heavy atom. The molecule has 0 saturated carbocycles. The van der Waals surface area contributed by atoms with Gasteiger partial charge in [-0.3, -0.25) is 28.8 Å². The molecule has 0 spiro atoms. The fraction of sp³-hybridized carbons (Fsp3) is 0.739. The highest BCUT2D eigenvalue weighted by Gasteiger charge is 2.39. The summed E-state index contributed by atoms with van der Waals surface area (Å²) < 4.78 is 0. The molecule has 2 heterocycles. The Labute approximate surface area is 205 Å². The lowest BCUT2D eigenvalue weighted by atomic mass is 10.0. The van der Waals surface area contributed by atoms with E-state index in [4.69, 9.17) is 5.11 Å². The van der Waals surface area contributed by atoms with E-state index < -0.39 is 60.3 Å². The maximum Gasteiger partial charge on any atom is 0.322 e. The number of likely N-dealkylation sites (tertiary alicyclic amines) is 2. The Kier molecular flexibility index (Phi) is 10.0. The summed E-state index contributed by atoms with van der Waals surface area (Å²) in [6.45, 7) is 6.97. The lowest BCUT2D eigenvalue weighted by molar-refractivity contribution is -0.143. The summed E-state index contributed by atoms with van der Waals surface area (Å²) in [5.74, 6) is -3.24. The zero-order chi connectivity index (χ0) is 26.3. The number of aliphatic carboxylic acids is 1. The van der Waals surface area contributed by atoms with Crippen molar-refractivity contribution in [3.05, 3.63) is 0 Å². The number of nitrogens with zero attached hydrogens (tertiary/aromatic N) is 2. The molecular formula is C23H37N5O7. The average Bonchev–Trinajstić information content (AvgIpc) is 3.45. The lowest BCUT2D eigenvalue weighted by Crippen LogP contribution is -2.57. The number of hydrogen-bond donors (Lipinski definition) is 4. The molecule has 0 unspecified atom stereocenters. The van der Waals surface area contributed by atoms with Gasteiger partial charge in [0.2, 0.25) is 29.5 Å². The molecule has 196 valence electrons. The van der Waals surface area contributed by atoms with Crippen LogP contribution >= 0.6 is 0 Å². The molecule has 0 aromatic heterocycles. The van der Waals surface area contributed by atoms with Crippen molar-refractivity contribution in [1.29, 1.82) is 0 Å². The van der Waals surface area contributed by atoms with Crippen LogP contribution in [0, 0.1) is 5.92 Å². The van der Waals surface area contributed by atoms with Gasteiger partial charge in [-0.15, -0.1) is 0 Å². The topological polar surface area (TPSA) is 165 Å². The fourth-order valence-corrected chi connectivity index (χ4v) is 4.60. The average molecular weight is 496 g/mol. The van der Waals surface area contributed by atoms with Gasteiger partial charge in [0.1, 0.15) is 30.7 Å². The van der Waals surface area contributed by atoms with Crippen molar-refractivity contribution in [2.45, 2.75) is 84.0 Å². The van der Waals surface area contributed by atoms with Gasteiger partial charge in [-0.1, -0.05) is 13.8 Å². The first-order valence-electron chi connectivity index (χ1n) is 12.1. The third-order valence-electron chi connectivity index (χ3n) is 6.28. The van der Waals surface area contributed by atoms with Crippen LogP contribution in [0.3, 0.4) is 0 Å². The van der Waals surface area contributed by atoms with E-state index in [1.807, 2.05) is 13.8 Å². The van der Waals surface area contributed by atoms with E-state index in [-0.39, 0.29) is 11.8 Å². The van der Waals surface area contributed by atoms with Gasteiger partial charge in [-0.2, -0.15) is 0 Å². The van der Waals surface area contributed by atoms with Crippen molar-refractivity contribution >= 4 is 35.5 Å². The molecule has 0 bridgehead atoms. The van der Waals surface area contributed by atoms with Gasteiger partial charge in [0.25, 0.3) is 0 Å². The molecule has 0 aromatic carbocycles. The Morgan fingerprint density at radius 2 is 1.43 bits per heavy atom. The first-order chi connectivity index (χ1) is 16.4. The van der Waals surface area contributed by atoms with Crippen molar-refractivity contribution < 1.29 is 33.9 Å². The second-order valence-electron chi connectivity index (χ2n) is 9.59. The van der Waals surface area contributed by atoms with E-state index in [1.165, 1.54) is 16.7 Å². The predicted octanol–water partition coefficient (Wildman–Crippen LogP) is -0.775. The monoisotopic (exact) mass is 495 g/mol. The van der Waals surface area contributed by atoms with Crippen molar-refractivity contribution in [2.24, 2.45) is 5.92 Å². The Morgan fingerprint density at radius 3 is 1.97 bits per heavy atom. The van der Waals surface area contributed by atoms with Crippen LogP contribution in [0.4, 0.5) is 0 Å². The van der Waals surface area contributed by atoms with Gasteiger partial charge in [-0.05, 0) is 44.9 Å². The van der Waals surface area contributed by atoms with E-state index in [9.17, 15) is 28.8 Å². The first kappa shape index (κ1) is 28.1. The van der Waals surface area contributed by atoms with Gasteiger partial charge in [0.15, 0.2) is 0 Å². The van der Waals surface area contributed by atoms with E-state index >= 15 is 0 Å². The zero-order valence-corrected chi connectivity index (χ0v) is 20.8. The molecule has 35 heavy (non-hydrogen) atoms. The molecular weight excluding hydrogens is 458 g/mol. The predicted molar refractivity (Wildman–Crippen MR) is 125 cm³/mol. The molecule has 2 aliphatic heterocycles. The molecule has 12 nitrogen and oxygen atoms in total. The van der Waals surface area contributed by atoms with Gasteiger partial charge < -0.3 is 30.9 Å². The summed E-state index contributed by atoms with van der Waals surface area (Å²) >= 11 is 0. The third-order valence-corrected chi connectivity index (χ3v) is 6.28. The maximum atomic E-state index is 13.1. The number of hydrogen-bond acceptors (Lipinski definition) is 6. The van der Waals surface area contributed by atoms with Crippen LogP contribution in [0.5, 0.6) is 0 Å². The van der Waals surface area contributed by atoms with Crippen LogP contribution in [0.15, 0.2) is 0 Å². The van der Waals surface area contributed by atoms with E-state index in [0.717, 1.165) is 0 Å². The maximum absolute atomic E-state index is 13.1. The largest absolute Gasteiger partial charge is 0.480 e. The summed E-state index contributed by atoms with van der Waals surface area (Å²) in [5.41, 5.74) is 0. The molecule has 2 aliphatic rings. The summed E-state index contributed by atoms with van der Waals surface area (Å²) in [5, 5.41) is 16.4. The minimum atomic E-state index is -1.19. The van der Waals surface area contributed by atoms with Crippen LogP contribution < -0.4 is 16.0 Å². The third kappa shape index (κ3) is 7.66. The second kappa shape index (κ2) is 12.5. The molecule has 2 saturated heterocycles. The first-order valence-corrected chi connectivity index (χ1v) is 12.1. The number of carboxylic acid groups (broad SMARTS) is 1. The molecule has 2 rings (SSSR count). The van der Waals surface area contributed by atoms with Gasteiger partial charge in [-0.25, -0.2) is 0 Å². The van der Waals surface area contributed by atoms with Crippen LogP contribution in [-0.2, 0) is 28.8 Å². The van der Waals surface area contributed by atoms with Crippen LogP contribution in [0.25, 0.3) is 0 Å². The van der Waals surface area contributed by atoms with E-state index in [1.54, 1.807) is 6.92 Å². The van der Waals surface area contributed by atoms with Crippen molar-refractivity contribution in [2.75, 3.05) is 19.6 Å². The fourth-order valence-electron chi connectivity index (χ4n) is 4.60. The molecule has 12 heteroatoms. The SMILES string of the molecule is CC(=O)N1CCC[C@H]1C(=O)N[C@@H](C)C(=O)N1CCC[C@H]1C(=O)N[C@@H](CC(C)C)C(=O)NCC(=O)O. The summed E-state index contributed by atoms with van der Waals surface area (Å²) in [6.07, 6.45) is 2.54. The Bertz CT molecular complexity index is 846. The molecule has 2 fully saturated rings. The van der Waals surface area contributed by atoms with Crippen molar-refractivity contribution in [3.8, 4) is 0 Å². The molecule has 5 amide bonds. The Balaban J connectivity index is 2.02. The van der Waals surface area contributed by atoms with Gasteiger partial charge in [0.05, 0.1) is 0 Å². The normalized spacial score (nSPS) is 21.4. The highest BCUT2D eigenvalue weighted by molar-refractivity contribution is 5.96. The van der Waals surface area contributed by atoms with Crippen LogP contribution in [0.2, 0.25) is 0 Å². The van der Waals surface area contributed by atoms with Crippen molar-refractivity contribution in [3.63, 3.8) is 0 Å². The van der Waals surface area contributed by atoms with Crippen molar-refractivity contribution in [1.82, 2.24) is 25.8 Å². The summed E-state index contributed by atoms with van der Waals surface area (Å²) in [7, 11) is 0. The highest BCUT2D eigenvalue weighted by atomic mass is 16.4. The number of rotatable bonds is 10. The van der Waals surface area contributed by atoms with Crippen LogP contribution in [-0.4, -0.2) is 94.2 Å². The number of amides is 5. The molecule has 4 atom stereocenters. The lowest BCUT2D eigenvalue weighted by Gasteiger charge is -2.30. The quantitative estimate of drug-likeness (QED) is 0.309. The molecule has 4 N–H and O–H groups in total.